The van der Waals surface area contributed by atoms with Crippen LogP contribution in [0.25, 0.3) is 0 Å². The average molecular weight is 439 g/mol. The van der Waals surface area contributed by atoms with Gasteiger partial charge in [-0.15, -0.1) is 0 Å². The van der Waals surface area contributed by atoms with Gasteiger partial charge in [0, 0.05) is 0 Å². The fraction of sp³-hybridized carbons (Fsp3) is 0.926. The molecule has 0 aromatic rings. The maximum atomic E-state index is 12.4. The third-order valence-corrected chi connectivity index (χ3v) is 6.35. The molecule has 0 radical (unpaired) electrons. The van der Waals surface area contributed by atoms with E-state index in [1.54, 1.807) is 0 Å². The van der Waals surface area contributed by atoms with Crippen LogP contribution in [0.2, 0.25) is 0 Å². The zero-order chi connectivity index (χ0) is 23.0. The Morgan fingerprint density at radius 2 is 0.903 bits per heavy atom. The minimum Gasteiger partial charge on any atom is -0.465 e. The molecule has 0 aliphatic heterocycles. The molecule has 0 unspecified atom stereocenters. The van der Waals surface area contributed by atoms with E-state index in [0.29, 0.717) is 26.1 Å². The summed E-state index contributed by atoms with van der Waals surface area (Å²) >= 11 is 0. The normalized spacial score (nSPS) is 14.8. The molecule has 1 aliphatic carbocycles. The summed E-state index contributed by atoms with van der Waals surface area (Å²) in [6, 6.07) is 0. The van der Waals surface area contributed by atoms with Crippen LogP contribution in [0.1, 0.15) is 130 Å². The summed E-state index contributed by atoms with van der Waals surface area (Å²) in [6.07, 6.45) is 17.9. The van der Waals surface area contributed by atoms with Crippen LogP contribution < -0.4 is 0 Å². The second-order valence-electron chi connectivity index (χ2n) is 10.5. The van der Waals surface area contributed by atoms with E-state index in [2.05, 4.69) is 27.7 Å². The van der Waals surface area contributed by atoms with Crippen molar-refractivity contribution in [1.29, 1.82) is 0 Å². The lowest BCUT2D eigenvalue weighted by Gasteiger charge is -2.14. The Balaban J connectivity index is 2.00. The Morgan fingerprint density at radius 1 is 0.581 bits per heavy atom. The summed E-state index contributed by atoms with van der Waals surface area (Å²) in [5.41, 5.74) is -0.978. The second-order valence-corrected chi connectivity index (χ2v) is 10.5. The molecule has 0 saturated heterocycles. The number of carbonyl (C=O) groups is 2. The molecule has 1 rings (SSSR count). The molecular weight excluding hydrogens is 388 g/mol. The third-order valence-electron chi connectivity index (χ3n) is 6.35. The summed E-state index contributed by atoms with van der Waals surface area (Å²) in [4.78, 5) is 24.7. The van der Waals surface area contributed by atoms with Crippen LogP contribution in [0.4, 0.5) is 0 Å². The van der Waals surface area contributed by atoms with E-state index < -0.39 is 5.41 Å². The van der Waals surface area contributed by atoms with Crippen LogP contribution in [-0.4, -0.2) is 25.2 Å². The summed E-state index contributed by atoms with van der Waals surface area (Å²) < 4.78 is 10.8. The lowest BCUT2D eigenvalue weighted by atomic mass is 10.0. The highest BCUT2D eigenvalue weighted by Crippen LogP contribution is 2.48. The van der Waals surface area contributed by atoms with Crippen molar-refractivity contribution in [2.24, 2.45) is 17.3 Å². The maximum Gasteiger partial charge on any atom is 0.323 e. The highest BCUT2D eigenvalue weighted by atomic mass is 16.6. The summed E-state index contributed by atoms with van der Waals surface area (Å²) in [5.74, 6) is 0.870. The van der Waals surface area contributed by atoms with Gasteiger partial charge < -0.3 is 9.47 Å². The van der Waals surface area contributed by atoms with Gasteiger partial charge in [0.05, 0.1) is 13.2 Å². The zero-order valence-electron chi connectivity index (χ0n) is 21.0. The van der Waals surface area contributed by atoms with Gasteiger partial charge in [0.2, 0.25) is 0 Å². The molecule has 1 aliphatic rings. The largest absolute Gasteiger partial charge is 0.465 e. The first-order valence-electron chi connectivity index (χ1n) is 13.2. The van der Waals surface area contributed by atoms with Crippen molar-refractivity contribution < 1.29 is 19.1 Å². The minimum absolute atomic E-state index is 0.361. The molecule has 0 heterocycles. The fourth-order valence-electron chi connectivity index (χ4n) is 3.95. The monoisotopic (exact) mass is 438 g/mol. The van der Waals surface area contributed by atoms with Crippen molar-refractivity contribution in [3.8, 4) is 0 Å². The molecule has 4 heteroatoms. The minimum atomic E-state index is -0.978. The summed E-state index contributed by atoms with van der Waals surface area (Å²) in [7, 11) is 0. The van der Waals surface area contributed by atoms with Gasteiger partial charge in [0.1, 0.15) is 0 Å². The molecule has 31 heavy (non-hydrogen) atoms. The lowest BCUT2D eigenvalue weighted by Crippen LogP contribution is -2.30. The van der Waals surface area contributed by atoms with Crippen LogP contribution in [0.5, 0.6) is 0 Å². The van der Waals surface area contributed by atoms with Crippen LogP contribution in [0.3, 0.4) is 0 Å². The Morgan fingerprint density at radius 3 is 1.23 bits per heavy atom. The zero-order valence-corrected chi connectivity index (χ0v) is 21.0. The van der Waals surface area contributed by atoms with Crippen molar-refractivity contribution in [2.45, 2.75) is 130 Å². The summed E-state index contributed by atoms with van der Waals surface area (Å²) in [6.45, 7) is 9.94. The van der Waals surface area contributed by atoms with E-state index in [1.807, 2.05) is 0 Å². The highest BCUT2D eigenvalue weighted by Gasteiger charge is 2.59. The van der Waals surface area contributed by atoms with Crippen LogP contribution >= 0.6 is 0 Å². The highest BCUT2D eigenvalue weighted by molar-refractivity contribution is 6.03. The molecule has 1 fully saturated rings. The van der Waals surface area contributed by atoms with E-state index >= 15 is 0 Å². The van der Waals surface area contributed by atoms with Gasteiger partial charge in [-0.3, -0.25) is 9.59 Å². The Bertz CT molecular complexity index is 440. The smallest absolute Gasteiger partial charge is 0.323 e. The molecule has 0 bridgehead atoms. The first kappa shape index (κ1) is 28.0. The molecule has 0 aromatic heterocycles. The second kappa shape index (κ2) is 16.6. The van der Waals surface area contributed by atoms with Gasteiger partial charge in [0.25, 0.3) is 0 Å². The van der Waals surface area contributed by atoms with Gasteiger partial charge in [0.15, 0.2) is 5.41 Å². The number of hydrogen-bond acceptors (Lipinski definition) is 4. The number of carbonyl (C=O) groups excluding carboxylic acids is 2. The fourth-order valence-corrected chi connectivity index (χ4v) is 3.95. The molecule has 0 spiro atoms. The number of ether oxygens (including phenoxy) is 2. The molecular formula is C27H50O4. The molecule has 1 saturated carbocycles. The SMILES string of the molecule is CC(C)CCCCCCCCOC(=O)C1(C(=O)OCCCCCCCCC(C)C)CC1. The van der Waals surface area contributed by atoms with Crippen molar-refractivity contribution in [3.63, 3.8) is 0 Å². The van der Waals surface area contributed by atoms with Crippen molar-refractivity contribution in [3.05, 3.63) is 0 Å². The number of rotatable bonds is 20. The van der Waals surface area contributed by atoms with E-state index in [-0.39, 0.29) is 11.9 Å². The van der Waals surface area contributed by atoms with Crippen molar-refractivity contribution >= 4 is 11.9 Å². The van der Waals surface area contributed by atoms with E-state index in [9.17, 15) is 9.59 Å². The maximum absolute atomic E-state index is 12.4. The molecule has 0 N–H and O–H groups in total. The average Bonchev–Trinajstić information content (AvgIpc) is 3.52. The Hall–Kier alpha value is -1.06. The van der Waals surface area contributed by atoms with Gasteiger partial charge in [-0.2, -0.15) is 0 Å². The Labute approximate surface area is 192 Å². The standard InChI is InChI=1S/C27H50O4/c1-23(2)17-13-9-5-7-11-15-21-30-25(28)27(19-20-27)26(29)31-22-16-12-8-6-10-14-18-24(3)4/h23-24H,5-22H2,1-4H3. The number of unbranched alkanes of at least 4 members (excludes halogenated alkanes) is 10. The van der Waals surface area contributed by atoms with Crippen molar-refractivity contribution in [1.82, 2.24) is 0 Å². The first-order chi connectivity index (χ1) is 14.9. The molecule has 0 atom stereocenters. The number of esters is 2. The molecule has 0 amide bonds. The first-order valence-corrected chi connectivity index (χ1v) is 13.2. The summed E-state index contributed by atoms with van der Waals surface area (Å²) in [5, 5.41) is 0. The predicted molar refractivity (Wildman–Crippen MR) is 128 cm³/mol. The predicted octanol–water partition coefficient (Wildman–Crippen LogP) is 7.63. The molecule has 182 valence electrons. The van der Waals surface area contributed by atoms with Crippen molar-refractivity contribution in [2.75, 3.05) is 13.2 Å². The third kappa shape index (κ3) is 13.2. The van der Waals surface area contributed by atoms with Gasteiger partial charge >= 0.3 is 11.9 Å². The van der Waals surface area contributed by atoms with E-state index in [4.69, 9.17) is 9.47 Å². The molecule has 0 aromatic carbocycles. The van der Waals surface area contributed by atoms with Crippen LogP contribution in [0, 0.1) is 17.3 Å². The number of hydrogen-bond donors (Lipinski definition) is 0. The van der Waals surface area contributed by atoms with E-state index in [1.165, 1.54) is 64.2 Å². The molecule has 4 nitrogen and oxygen atoms in total. The van der Waals surface area contributed by atoms with E-state index in [0.717, 1.165) is 37.5 Å². The topological polar surface area (TPSA) is 52.6 Å². The van der Waals surface area contributed by atoms with Gasteiger partial charge in [-0.05, 0) is 37.5 Å². The van der Waals surface area contributed by atoms with Crippen LogP contribution in [-0.2, 0) is 19.1 Å². The van der Waals surface area contributed by atoms with Crippen LogP contribution in [0.15, 0.2) is 0 Å². The Kier molecular flexibility index (Phi) is 14.9. The van der Waals surface area contributed by atoms with Gasteiger partial charge in [-0.25, -0.2) is 0 Å². The lowest BCUT2D eigenvalue weighted by molar-refractivity contribution is -0.164. The van der Waals surface area contributed by atoms with Gasteiger partial charge in [-0.1, -0.05) is 105 Å². The quantitative estimate of drug-likeness (QED) is 0.111.